The van der Waals surface area contributed by atoms with Gasteiger partial charge in [0.2, 0.25) is 0 Å². The van der Waals surface area contributed by atoms with Crippen molar-refractivity contribution in [3.63, 3.8) is 0 Å². The van der Waals surface area contributed by atoms with Crippen molar-refractivity contribution in [2.75, 3.05) is 11.1 Å². The molecule has 0 radical (unpaired) electrons. The summed E-state index contributed by atoms with van der Waals surface area (Å²) in [6.45, 7) is 1.93. The number of nitrogens with one attached hydrogen (secondary N) is 2. The maximum atomic E-state index is 5.74. The van der Waals surface area contributed by atoms with Crippen LogP contribution in [0.1, 0.15) is 18.8 Å². The van der Waals surface area contributed by atoms with E-state index in [1.54, 1.807) is 6.07 Å². The van der Waals surface area contributed by atoms with E-state index in [-0.39, 0.29) is 6.04 Å². The van der Waals surface area contributed by atoms with Gasteiger partial charge in [-0.2, -0.15) is 5.21 Å². The molecule has 1 atom stereocenters. The fraction of sp³-hybridized carbons (Fsp3) is 0.182. The van der Waals surface area contributed by atoms with Gasteiger partial charge in [-0.15, -0.1) is 10.2 Å². The molecule has 0 spiro atoms. The van der Waals surface area contributed by atoms with Crippen LogP contribution in [0, 0.1) is 0 Å². The van der Waals surface area contributed by atoms with Gasteiger partial charge in [0, 0.05) is 11.1 Å². The second-order valence-corrected chi connectivity index (χ2v) is 4.13. The van der Waals surface area contributed by atoms with Gasteiger partial charge in [-0.05, 0) is 25.1 Å². The monoisotopic (exact) mass is 256 g/mol. The Morgan fingerprint density at radius 1 is 1.32 bits per heavy atom. The summed E-state index contributed by atoms with van der Waals surface area (Å²) < 4.78 is 0. The van der Waals surface area contributed by atoms with Gasteiger partial charge in [-0.3, -0.25) is 0 Å². The Kier molecular flexibility index (Phi) is 2.67. The van der Waals surface area contributed by atoms with Crippen LogP contribution in [-0.2, 0) is 0 Å². The Balaban J connectivity index is 1.97. The van der Waals surface area contributed by atoms with Crippen molar-refractivity contribution in [3.05, 3.63) is 30.4 Å². The van der Waals surface area contributed by atoms with Gasteiger partial charge in [0.15, 0.2) is 5.82 Å². The molecule has 0 saturated heterocycles. The summed E-state index contributed by atoms with van der Waals surface area (Å²) in [6, 6.07) is 5.39. The van der Waals surface area contributed by atoms with Crippen molar-refractivity contribution in [2.24, 2.45) is 0 Å². The lowest BCUT2D eigenvalue weighted by atomic mass is 10.2. The number of H-pyrrole nitrogens is 1. The first-order valence-electron chi connectivity index (χ1n) is 5.74. The van der Waals surface area contributed by atoms with E-state index in [1.165, 1.54) is 6.33 Å². The van der Waals surface area contributed by atoms with Gasteiger partial charge in [0.05, 0.1) is 11.6 Å². The maximum absolute atomic E-state index is 5.74. The number of nitrogens with zero attached hydrogens (tertiary/aromatic N) is 5. The van der Waals surface area contributed by atoms with E-state index in [0.29, 0.717) is 17.3 Å². The number of nitrogens with two attached hydrogens (primary N) is 1. The minimum Gasteiger partial charge on any atom is -0.399 e. The quantitative estimate of drug-likeness (QED) is 0.595. The van der Waals surface area contributed by atoms with E-state index >= 15 is 0 Å². The SMILES string of the molecule is CC(Nc1ncnc2cc(N)ccc12)c1nn[nH]n1. The number of fused-ring (bicyclic) bond motifs is 1. The van der Waals surface area contributed by atoms with Crippen molar-refractivity contribution in [2.45, 2.75) is 13.0 Å². The van der Waals surface area contributed by atoms with Crippen LogP contribution in [0.25, 0.3) is 10.9 Å². The van der Waals surface area contributed by atoms with Crippen LogP contribution in [0.2, 0.25) is 0 Å². The number of anilines is 2. The third-order valence-electron chi connectivity index (χ3n) is 2.76. The van der Waals surface area contributed by atoms with Crippen LogP contribution in [-0.4, -0.2) is 30.6 Å². The van der Waals surface area contributed by atoms with Crippen LogP contribution in [0.4, 0.5) is 11.5 Å². The molecule has 0 saturated carbocycles. The molecule has 0 amide bonds. The smallest absolute Gasteiger partial charge is 0.196 e. The predicted octanol–water partition coefficient (Wildman–Crippen LogP) is 0.898. The molecule has 0 aliphatic carbocycles. The molecular formula is C11H12N8. The summed E-state index contributed by atoms with van der Waals surface area (Å²) in [5.74, 6) is 1.28. The Bertz CT molecular complexity index is 693. The summed E-state index contributed by atoms with van der Waals surface area (Å²) in [6.07, 6.45) is 1.49. The second-order valence-electron chi connectivity index (χ2n) is 4.13. The molecule has 0 fully saturated rings. The molecule has 0 bridgehead atoms. The average Bonchev–Trinajstić information content (AvgIpc) is 2.92. The average molecular weight is 256 g/mol. The Labute approximate surface area is 108 Å². The first kappa shape index (κ1) is 11.3. The van der Waals surface area contributed by atoms with Crippen LogP contribution in [0.5, 0.6) is 0 Å². The van der Waals surface area contributed by atoms with Crippen LogP contribution in [0.3, 0.4) is 0 Å². The van der Waals surface area contributed by atoms with Gasteiger partial charge >= 0.3 is 0 Å². The number of aromatic amines is 1. The number of tetrazole rings is 1. The van der Waals surface area contributed by atoms with Crippen molar-refractivity contribution >= 4 is 22.4 Å². The third-order valence-corrected chi connectivity index (χ3v) is 2.76. The van der Waals surface area contributed by atoms with Gasteiger partial charge in [0.1, 0.15) is 12.1 Å². The second kappa shape index (κ2) is 4.48. The molecule has 19 heavy (non-hydrogen) atoms. The minimum absolute atomic E-state index is 0.116. The Morgan fingerprint density at radius 3 is 3.00 bits per heavy atom. The fourth-order valence-corrected chi connectivity index (χ4v) is 1.81. The molecule has 96 valence electrons. The number of hydrogen-bond acceptors (Lipinski definition) is 7. The maximum Gasteiger partial charge on any atom is 0.196 e. The lowest BCUT2D eigenvalue weighted by Crippen LogP contribution is -2.10. The summed E-state index contributed by atoms with van der Waals surface area (Å²) >= 11 is 0. The Morgan fingerprint density at radius 2 is 2.21 bits per heavy atom. The van der Waals surface area contributed by atoms with Gasteiger partial charge in [-0.1, -0.05) is 5.21 Å². The highest BCUT2D eigenvalue weighted by molar-refractivity contribution is 5.90. The highest BCUT2D eigenvalue weighted by Crippen LogP contribution is 2.23. The van der Waals surface area contributed by atoms with Crippen molar-refractivity contribution in [3.8, 4) is 0 Å². The summed E-state index contributed by atoms with van der Waals surface area (Å²) in [5, 5.41) is 17.9. The minimum atomic E-state index is -0.116. The molecule has 8 heteroatoms. The molecule has 1 aromatic carbocycles. The van der Waals surface area contributed by atoms with E-state index in [1.807, 2.05) is 19.1 Å². The summed E-state index contributed by atoms with van der Waals surface area (Å²) in [5.41, 5.74) is 7.20. The highest BCUT2D eigenvalue weighted by Gasteiger charge is 2.12. The first-order chi connectivity index (χ1) is 9.24. The molecule has 3 aromatic rings. The van der Waals surface area contributed by atoms with Gasteiger partial charge in [0.25, 0.3) is 0 Å². The molecule has 0 aliphatic rings. The number of nitrogen functional groups attached to an aromatic ring is 1. The molecule has 2 heterocycles. The number of hydrogen-bond donors (Lipinski definition) is 3. The van der Waals surface area contributed by atoms with E-state index in [0.717, 1.165) is 10.9 Å². The fourth-order valence-electron chi connectivity index (χ4n) is 1.81. The summed E-state index contributed by atoms with van der Waals surface area (Å²) in [7, 11) is 0. The molecule has 3 rings (SSSR count). The third kappa shape index (κ3) is 2.15. The zero-order valence-electron chi connectivity index (χ0n) is 10.2. The molecule has 1 unspecified atom stereocenters. The molecule has 0 aliphatic heterocycles. The molecule has 4 N–H and O–H groups in total. The van der Waals surface area contributed by atoms with E-state index in [2.05, 4.69) is 35.9 Å². The standard InChI is InChI=1S/C11H12N8/c1-6(10-16-18-19-17-10)15-11-8-3-2-7(12)4-9(8)13-5-14-11/h2-6H,12H2,1H3,(H,13,14,15)(H,16,17,18,19). The summed E-state index contributed by atoms with van der Waals surface area (Å²) in [4.78, 5) is 8.43. The number of benzene rings is 1. The van der Waals surface area contributed by atoms with Crippen LogP contribution >= 0.6 is 0 Å². The van der Waals surface area contributed by atoms with E-state index in [4.69, 9.17) is 5.73 Å². The zero-order valence-corrected chi connectivity index (χ0v) is 10.2. The number of aromatic nitrogens is 6. The lowest BCUT2D eigenvalue weighted by molar-refractivity contribution is 0.789. The molecule has 2 aromatic heterocycles. The predicted molar refractivity (Wildman–Crippen MR) is 70.2 cm³/mol. The normalized spacial score (nSPS) is 12.5. The zero-order chi connectivity index (χ0) is 13.2. The van der Waals surface area contributed by atoms with Gasteiger partial charge < -0.3 is 11.1 Å². The van der Waals surface area contributed by atoms with E-state index in [9.17, 15) is 0 Å². The molecular weight excluding hydrogens is 244 g/mol. The van der Waals surface area contributed by atoms with Crippen LogP contribution in [0.15, 0.2) is 24.5 Å². The highest BCUT2D eigenvalue weighted by atomic mass is 15.5. The topological polar surface area (TPSA) is 118 Å². The van der Waals surface area contributed by atoms with E-state index < -0.39 is 0 Å². The first-order valence-corrected chi connectivity index (χ1v) is 5.74. The van der Waals surface area contributed by atoms with Gasteiger partial charge in [-0.25, -0.2) is 9.97 Å². The largest absolute Gasteiger partial charge is 0.399 e. The lowest BCUT2D eigenvalue weighted by Gasteiger charge is -2.12. The van der Waals surface area contributed by atoms with Crippen molar-refractivity contribution in [1.82, 2.24) is 30.6 Å². The van der Waals surface area contributed by atoms with Crippen molar-refractivity contribution in [1.29, 1.82) is 0 Å². The molecule has 8 nitrogen and oxygen atoms in total. The Hall–Kier alpha value is -2.77. The van der Waals surface area contributed by atoms with Crippen LogP contribution < -0.4 is 11.1 Å². The van der Waals surface area contributed by atoms with Crippen molar-refractivity contribution < 1.29 is 0 Å². The number of rotatable bonds is 3.